The molecule has 0 heterocycles. The van der Waals surface area contributed by atoms with Gasteiger partial charge in [-0.1, -0.05) is 0 Å². The molecule has 1 fully saturated rings. The molecule has 1 saturated carbocycles. The number of nitrogens with zero attached hydrogens (tertiary/aromatic N) is 1. The summed E-state index contributed by atoms with van der Waals surface area (Å²) >= 11 is 0. The number of hydrogen-bond donors (Lipinski definition) is 2. The number of amides is 1. The monoisotopic (exact) mass is 216 g/mol. The molecule has 7 heteroatoms. The van der Waals surface area contributed by atoms with Crippen LogP contribution in [-0.2, 0) is 9.59 Å². The van der Waals surface area contributed by atoms with Gasteiger partial charge in [-0.15, -0.1) is 0 Å². The maximum atomic E-state index is 11.0. The minimum Gasteiger partial charge on any atom is -0.481 e. The molecule has 0 aromatic carbocycles. The fraction of sp³-hybridized carbons (Fsp3) is 0.750. The molecule has 1 aliphatic carbocycles. The number of carboxylic acid groups (broad SMARTS) is 1. The molecule has 3 N–H and O–H groups in total. The van der Waals surface area contributed by atoms with Crippen LogP contribution in [0.5, 0.6) is 0 Å². The Morgan fingerprint density at radius 2 is 2.00 bits per heavy atom. The molecule has 3 atom stereocenters. The van der Waals surface area contributed by atoms with Crippen LogP contribution in [0.25, 0.3) is 0 Å². The van der Waals surface area contributed by atoms with Crippen LogP contribution in [0.15, 0.2) is 0 Å². The van der Waals surface area contributed by atoms with Gasteiger partial charge in [0.1, 0.15) is 5.92 Å². The van der Waals surface area contributed by atoms with E-state index in [9.17, 15) is 19.7 Å². The van der Waals surface area contributed by atoms with Crippen LogP contribution in [0.2, 0.25) is 0 Å². The van der Waals surface area contributed by atoms with Gasteiger partial charge in [-0.25, -0.2) is 0 Å². The quantitative estimate of drug-likeness (QED) is 0.491. The summed E-state index contributed by atoms with van der Waals surface area (Å²) in [5.41, 5.74) is 5.02. The van der Waals surface area contributed by atoms with Crippen molar-refractivity contribution in [3.8, 4) is 0 Å². The molecule has 15 heavy (non-hydrogen) atoms. The molecule has 3 unspecified atom stereocenters. The molecule has 0 saturated heterocycles. The molecule has 0 aliphatic heterocycles. The number of carbonyl (C=O) groups excluding carboxylic acids is 1. The highest BCUT2D eigenvalue weighted by molar-refractivity contribution is 5.84. The molecular formula is C8H12N2O5. The summed E-state index contributed by atoms with van der Waals surface area (Å²) in [5, 5.41) is 19.5. The lowest BCUT2D eigenvalue weighted by molar-refractivity contribution is -0.534. The molecule has 0 aromatic rings. The number of carboxylic acids is 1. The van der Waals surface area contributed by atoms with Gasteiger partial charge < -0.3 is 10.8 Å². The second-order valence-electron chi connectivity index (χ2n) is 3.66. The highest BCUT2D eigenvalue weighted by Gasteiger charge is 2.47. The second-order valence-corrected chi connectivity index (χ2v) is 3.66. The third kappa shape index (κ3) is 2.23. The topological polar surface area (TPSA) is 124 Å². The molecule has 0 aromatic heterocycles. The van der Waals surface area contributed by atoms with E-state index in [1.54, 1.807) is 0 Å². The van der Waals surface area contributed by atoms with E-state index in [2.05, 4.69) is 0 Å². The third-order valence-corrected chi connectivity index (χ3v) is 2.78. The number of hydrogen-bond acceptors (Lipinski definition) is 4. The predicted molar refractivity (Wildman–Crippen MR) is 48.4 cm³/mol. The Morgan fingerprint density at radius 1 is 1.40 bits per heavy atom. The zero-order valence-corrected chi connectivity index (χ0v) is 7.96. The number of rotatable bonds is 3. The summed E-state index contributed by atoms with van der Waals surface area (Å²) in [7, 11) is 0. The van der Waals surface area contributed by atoms with E-state index in [0.29, 0.717) is 6.42 Å². The molecule has 1 rings (SSSR count). The number of primary amides is 1. The zero-order valence-electron chi connectivity index (χ0n) is 7.96. The molecular weight excluding hydrogens is 204 g/mol. The maximum Gasteiger partial charge on any atom is 0.307 e. The standard InChI is InChI=1S/C8H12N2O5/c9-7(11)6-4(8(12)13)2-1-3-5(6)10(14)15/h4-6H,1-3H2,(H2,9,11)(H,12,13). The zero-order chi connectivity index (χ0) is 11.6. The second kappa shape index (κ2) is 4.24. The van der Waals surface area contributed by atoms with Crippen molar-refractivity contribution in [1.29, 1.82) is 0 Å². The Labute approximate surface area is 85.4 Å². The van der Waals surface area contributed by atoms with Crippen molar-refractivity contribution in [3.05, 3.63) is 10.1 Å². The Hall–Kier alpha value is -1.66. The van der Waals surface area contributed by atoms with Crippen LogP contribution in [-0.4, -0.2) is 27.9 Å². The van der Waals surface area contributed by atoms with Gasteiger partial charge in [0.2, 0.25) is 11.9 Å². The molecule has 0 bridgehead atoms. The number of aliphatic carboxylic acids is 1. The summed E-state index contributed by atoms with van der Waals surface area (Å²) in [6.45, 7) is 0. The summed E-state index contributed by atoms with van der Waals surface area (Å²) in [6.07, 6.45) is 0.921. The first kappa shape index (κ1) is 11.4. The van der Waals surface area contributed by atoms with Crippen molar-refractivity contribution in [2.75, 3.05) is 0 Å². The summed E-state index contributed by atoms with van der Waals surface area (Å²) in [5.74, 6) is -4.30. The van der Waals surface area contributed by atoms with Crippen LogP contribution in [0.1, 0.15) is 19.3 Å². The van der Waals surface area contributed by atoms with Gasteiger partial charge >= 0.3 is 5.97 Å². The van der Waals surface area contributed by atoms with Gasteiger partial charge in [0.25, 0.3) is 0 Å². The van der Waals surface area contributed by atoms with E-state index < -0.39 is 34.7 Å². The Kier molecular flexibility index (Phi) is 3.23. The predicted octanol–water partition coefficient (Wildman–Crippen LogP) is -0.382. The molecule has 0 radical (unpaired) electrons. The maximum absolute atomic E-state index is 11.0. The number of nitrogens with two attached hydrogens (primary N) is 1. The smallest absolute Gasteiger partial charge is 0.307 e. The van der Waals surface area contributed by atoms with Crippen molar-refractivity contribution >= 4 is 11.9 Å². The molecule has 0 spiro atoms. The van der Waals surface area contributed by atoms with Crippen LogP contribution < -0.4 is 5.73 Å². The summed E-state index contributed by atoms with van der Waals surface area (Å²) < 4.78 is 0. The number of carbonyl (C=O) groups is 2. The lowest BCUT2D eigenvalue weighted by atomic mass is 9.75. The van der Waals surface area contributed by atoms with Crippen molar-refractivity contribution < 1.29 is 19.6 Å². The van der Waals surface area contributed by atoms with Crippen LogP contribution in [0.4, 0.5) is 0 Å². The summed E-state index contributed by atoms with van der Waals surface area (Å²) in [6, 6.07) is -1.16. The van der Waals surface area contributed by atoms with E-state index in [-0.39, 0.29) is 12.8 Å². The van der Waals surface area contributed by atoms with E-state index >= 15 is 0 Å². The SMILES string of the molecule is NC(=O)C1C(C(=O)O)CCCC1[N+](=O)[O-]. The van der Waals surface area contributed by atoms with Gasteiger partial charge in [0, 0.05) is 11.3 Å². The normalized spacial score (nSPS) is 30.8. The highest BCUT2D eigenvalue weighted by Crippen LogP contribution is 2.32. The Morgan fingerprint density at radius 3 is 2.40 bits per heavy atom. The summed E-state index contributed by atoms with van der Waals surface area (Å²) in [4.78, 5) is 31.9. The van der Waals surface area contributed by atoms with Crippen molar-refractivity contribution in [2.24, 2.45) is 17.6 Å². The van der Waals surface area contributed by atoms with Gasteiger partial charge in [-0.2, -0.15) is 0 Å². The van der Waals surface area contributed by atoms with E-state index in [1.807, 2.05) is 0 Å². The van der Waals surface area contributed by atoms with E-state index in [1.165, 1.54) is 0 Å². The van der Waals surface area contributed by atoms with Gasteiger partial charge in [0.05, 0.1) is 5.92 Å². The van der Waals surface area contributed by atoms with Crippen LogP contribution >= 0.6 is 0 Å². The Bertz CT molecular complexity index is 281. The van der Waals surface area contributed by atoms with Gasteiger partial charge in [-0.3, -0.25) is 19.7 Å². The minimum absolute atomic E-state index is 0.213. The highest BCUT2D eigenvalue weighted by atomic mass is 16.6. The Balaban J connectivity index is 2.95. The fourth-order valence-electron chi connectivity index (χ4n) is 2.08. The van der Waals surface area contributed by atoms with Crippen molar-refractivity contribution in [1.82, 2.24) is 0 Å². The first-order valence-electron chi connectivity index (χ1n) is 4.60. The van der Waals surface area contributed by atoms with Crippen molar-refractivity contribution in [3.63, 3.8) is 0 Å². The molecule has 84 valence electrons. The minimum atomic E-state index is -1.19. The van der Waals surface area contributed by atoms with E-state index in [4.69, 9.17) is 10.8 Å². The average Bonchev–Trinajstić information content (AvgIpc) is 2.16. The van der Waals surface area contributed by atoms with Crippen LogP contribution in [0.3, 0.4) is 0 Å². The largest absolute Gasteiger partial charge is 0.481 e. The average molecular weight is 216 g/mol. The lowest BCUT2D eigenvalue weighted by Crippen LogP contribution is -2.47. The van der Waals surface area contributed by atoms with E-state index in [0.717, 1.165) is 0 Å². The molecule has 7 nitrogen and oxygen atoms in total. The third-order valence-electron chi connectivity index (χ3n) is 2.78. The fourth-order valence-corrected chi connectivity index (χ4v) is 2.08. The molecule has 1 aliphatic rings. The molecule has 1 amide bonds. The number of nitro groups is 1. The lowest BCUT2D eigenvalue weighted by Gasteiger charge is -2.28. The van der Waals surface area contributed by atoms with Crippen LogP contribution in [0, 0.1) is 22.0 Å². The van der Waals surface area contributed by atoms with Gasteiger partial charge in [-0.05, 0) is 12.8 Å². The van der Waals surface area contributed by atoms with Gasteiger partial charge in [0.15, 0.2) is 0 Å². The first-order chi connectivity index (χ1) is 6.95. The first-order valence-corrected chi connectivity index (χ1v) is 4.60. The van der Waals surface area contributed by atoms with Crippen molar-refractivity contribution in [2.45, 2.75) is 25.3 Å².